The van der Waals surface area contributed by atoms with Gasteiger partial charge in [0.25, 0.3) is 0 Å². The number of nitrogen functional groups attached to an aromatic ring is 1. The van der Waals surface area contributed by atoms with Gasteiger partial charge in [-0.15, -0.1) is 0 Å². The van der Waals surface area contributed by atoms with E-state index in [-0.39, 0.29) is 5.92 Å². The average Bonchev–Trinajstić information content (AvgIpc) is 3.07. The van der Waals surface area contributed by atoms with E-state index in [2.05, 4.69) is 9.88 Å². The first-order valence-corrected chi connectivity index (χ1v) is 11.7. The lowest BCUT2D eigenvalue weighted by molar-refractivity contribution is 0.0356. The van der Waals surface area contributed by atoms with Crippen LogP contribution in [0.15, 0.2) is 30.3 Å². The molecule has 4 N–H and O–H groups in total. The minimum Gasteiger partial charge on any atom is -0.398 e. The predicted octanol–water partition coefficient (Wildman–Crippen LogP) is 4.85. The molecule has 6 rings (SSSR count). The van der Waals surface area contributed by atoms with Crippen LogP contribution in [0.1, 0.15) is 54.3 Å². The van der Waals surface area contributed by atoms with Crippen molar-refractivity contribution in [3.05, 3.63) is 58.8 Å². The van der Waals surface area contributed by atoms with E-state index in [0.717, 1.165) is 49.7 Å². The number of anilines is 1. The summed E-state index contributed by atoms with van der Waals surface area (Å²) in [5, 5.41) is 12.3. The molecule has 2 aromatic carbocycles. The van der Waals surface area contributed by atoms with Crippen molar-refractivity contribution < 1.29 is 13.5 Å². The van der Waals surface area contributed by atoms with Gasteiger partial charge in [-0.2, -0.15) is 0 Å². The molecule has 3 aliphatic rings. The van der Waals surface area contributed by atoms with Crippen molar-refractivity contribution >= 4 is 22.8 Å². The average molecular weight is 451 g/mol. The number of nitrogens with two attached hydrogens (primary N) is 1. The zero-order chi connectivity index (χ0) is 22.7. The molecule has 2 saturated heterocycles. The summed E-state index contributed by atoms with van der Waals surface area (Å²) in [5.74, 6) is -1.05. The van der Waals surface area contributed by atoms with Crippen LogP contribution in [0.25, 0.3) is 16.6 Å². The van der Waals surface area contributed by atoms with Crippen LogP contribution in [0.4, 0.5) is 14.5 Å². The number of rotatable bonds is 4. The van der Waals surface area contributed by atoms with E-state index in [1.54, 1.807) is 6.07 Å². The summed E-state index contributed by atoms with van der Waals surface area (Å²) in [7, 11) is 0. The van der Waals surface area contributed by atoms with Crippen molar-refractivity contribution in [3.63, 3.8) is 0 Å². The first kappa shape index (κ1) is 20.8. The maximum atomic E-state index is 14.4. The second-order valence-electron chi connectivity index (χ2n) is 9.97. The molecule has 3 heterocycles. The van der Waals surface area contributed by atoms with Crippen LogP contribution in [0.3, 0.4) is 0 Å². The first-order chi connectivity index (χ1) is 16.0. The summed E-state index contributed by atoms with van der Waals surface area (Å²) in [4.78, 5) is 0. The van der Waals surface area contributed by atoms with Gasteiger partial charge >= 0.3 is 0 Å². The molecule has 7 heteroatoms. The molecule has 0 bridgehead atoms. The fourth-order valence-electron chi connectivity index (χ4n) is 6.20. The predicted molar refractivity (Wildman–Crippen MR) is 126 cm³/mol. The summed E-state index contributed by atoms with van der Waals surface area (Å²) in [6.07, 6.45) is 5.28. The minimum atomic E-state index is -0.861. The van der Waals surface area contributed by atoms with Gasteiger partial charge in [0, 0.05) is 72.5 Å². The first-order valence-electron chi connectivity index (χ1n) is 11.7. The highest BCUT2D eigenvalue weighted by atomic mass is 19.2. The SMILES string of the molecule is N=Cc1cc2c(cc1N)c(C1CC3(CNC3)C1)c(C1CCOCC1)n2-c1ccc(F)c(F)c1. The Morgan fingerprint density at radius 3 is 2.45 bits per heavy atom. The Balaban J connectivity index is 1.63. The van der Waals surface area contributed by atoms with E-state index in [4.69, 9.17) is 15.9 Å². The number of ether oxygens (including phenoxy) is 1. The molecule has 3 fully saturated rings. The van der Waals surface area contributed by atoms with Crippen LogP contribution in [0.2, 0.25) is 0 Å². The summed E-state index contributed by atoms with van der Waals surface area (Å²) < 4.78 is 36.0. The van der Waals surface area contributed by atoms with Crippen molar-refractivity contribution in [2.24, 2.45) is 5.41 Å². The standard InChI is InChI=1S/C26H28F2N4O/c27-20-2-1-18(8-21(20)28)32-23-7-16(12-29)22(30)9-19(23)24(17-10-26(11-17)13-31-14-26)25(32)15-3-5-33-6-4-15/h1-2,7-9,12,15,17,29,31H,3-6,10-11,13-14,30H2. The third-order valence-electron chi connectivity index (χ3n) is 7.94. The maximum absolute atomic E-state index is 14.4. The van der Waals surface area contributed by atoms with Gasteiger partial charge in [-0.05, 0) is 66.8 Å². The second-order valence-corrected chi connectivity index (χ2v) is 9.97. The highest BCUT2D eigenvalue weighted by Crippen LogP contribution is 2.57. The number of fused-ring (bicyclic) bond motifs is 1. The Kier molecular flexibility index (Phi) is 4.82. The van der Waals surface area contributed by atoms with E-state index in [0.29, 0.717) is 41.5 Å². The zero-order valence-corrected chi connectivity index (χ0v) is 18.5. The fraction of sp³-hybridized carbons (Fsp3) is 0.423. The number of hydrogen-bond donors (Lipinski definition) is 3. The molecule has 0 atom stereocenters. The highest BCUT2D eigenvalue weighted by Gasteiger charge is 2.50. The Hall–Kier alpha value is -2.77. The lowest BCUT2D eigenvalue weighted by Crippen LogP contribution is -2.59. The molecule has 33 heavy (non-hydrogen) atoms. The topological polar surface area (TPSA) is 76.1 Å². The number of aromatic nitrogens is 1. The molecule has 0 unspecified atom stereocenters. The summed E-state index contributed by atoms with van der Waals surface area (Å²) >= 11 is 0. The molecule has 2 aliphatic heterocycles. The van der Waals surface area contributed by atoms with Gasteiger partial charge in [-0.1, -0.05) is 0 Å². The molecule has 5 nitrogen and oxygen atoms in total. The third-order valence-corrected chi connectivity index (χ3v) is 7.94. The van der Waals surface area contributed by atoms with E-state index in [1.807, 2.05) is 12.1 Å². The number of hydrogen-bond acceptors (Lipinski definition) is 4. The van der Waals surface area contributed by atoms with Crippen molar-refractivity contribution in [3.8, 4) is 5.69 Å². The van der Waals surface area contributed by atoms with Gasteiger partial charge in [0.2, 0.25) is 0 Å². The van der Waals surface area contributed by atoms with Crippen LogP contribution in [-0.4, -0.2) is 37.1 Å². The van der Waals surface area contributed by atoms with E-state index in [1.165, 1.54) is 29.6 Å². The lowest BCUT2D eigenvalue weighted by atomic mass is 9.56. The van der Waals surface area contributed by atoms with Crippen molar-refractivity contribution in [1.29, 1.82) is 5.41 Å². The van der Waals surface area contributed by atoms with E-state index < -0.39 is 11.6 Å². The number of nitrogens with zero attached hydrogens (tertiary/aromatic N) is 1. The van der Waals surface area contributed by atoms with Crippen molar-refractivity contribution in [2.75, 3.05) is 32.0 Å². The Morgan fingerprint density at radius 2 is 1.82 bits per heavy atom. The van der Waals surface area contributed by atoms with E-state index >= 15 is 0 Å². The Bertz CT molecular complexity index is 1250. The molecular weight excluding hydrogens is 422 g/mol. The quantitative estimate of drug-likeness (QED) is 0.393. The minimum absolute atomic E-state index is 0.259. The number of benzene rings is 2. The third kappa shape index (κ3) is 3.21. The summed E-state index contributed by atoms with van der Waals surface area (Å²) in [6.45, 7) is 3.52. The largest absolute Gasteiger partial charge is 0.398 e. The molecule has 172 valence electrons. The van der Waals surface area contributed by atoms with Crippen molar-refractivity contribution in [2.45, 2.75) is 37.5 Å². The van der Waals surface area contributed by atoms with Crippen LogP contribution < -0.4 is 11.1 Å². The number of nitrogens with one attached hydrogen (secondary N) is 2. The van der Waals surface area contributed by atoms with E-state index in [9.17, 15) is 8.78 Å². The molecule has 0 amide bonds. The monoisotopic (exact) mass is 450 g/mol. The molecule has 1 aromatic heterocycles. The Labute approximate surface area is 191 Å². The second kappa shape index (κ2) is 7.64. The smallest absolute Gasteiger partial charge is 0.160 e. The van der Waals surface area contributed by atoms with Gasteiger partial charge in [0.15, 0.2) is 11.6 Å². The van der Waals surface area contributed by atoms with Crippen LogP contribution >= 0.6 is 0 Å². The van der Waals surface area contributed by atoms with Crippen LogP contribution in [0, 0.1) is 22.5 Å². The highest BCUT2D eigenvalue weighted by molar-refractivity contribution is 5.98. The van der Waals surface area contributed by atoms with Crippen LogP contribution in [-0.2, 0) is 4.74 Å². The van der Waals surface area contributed by atoms with Gasteiger partial charge in [0.1, 0.15) is 0 Å². The molecule has 1 spiro atoms. The fourth-order valence-corrected chi connectivity index (χ4v) is 6.20. The van der Waals surface area contributed by atoms with Gasteiger partial charge < -0.3 is 25.8 Å². The summed E-state index contributed by atoms with van der Waals surface area (Å²) in [6, 6.07) is 8.01. The Morgan fingerprint density at radius 1 is 1.06 bits per heavy atom. The molecular formula is C26H28F2N4O. The molecule has 1 saturated carbocycles. The van der Waals surface area contributed by atoms with Crippen molar-refractivity contribution in [1.82, 2.24) is 9.88 Å². The van der Waals surface area contributed by atoms with Gasteiger partial charge in [-0.25, -0.2) is 8.78 Å². The van der Waals surface area contributed by atoms with Crippen LogP contribution in [0.5, 0.6) is 0 Å². The maximum Gasteiger partial charge on any atom is 0.160 e. The zero-order valence-electron chi connectivity index (χ0n) is 18.5. The normalized spacial score (nSPS) is 20.7. The lowest BCUT2D eigenvalue weighted by Gasteiger charge is -2.55. The summed E-state index contributed by atoms with van der Waals surface area (Å²) in [5.41, 5.74) is 11.9. The van der Waals surface area contributed by atoms with Gasteiger partial charge in [-0.3, -0.25) is 0 Å². The molecule has 1 aliphatic carbocycles. The molecule has 0 radical (unpaired) electrons. The number of halogens is 2. The molecule has 3 aromatic rings. The van der Waals surface area contributed by atoms with Gasteiger partial charge in [0.05, 0.1) is 5.52 Å².